The summed E-state index contributed by atoms with van der Waals surface area (Å²) in [5, 5.41) is 10.0. The Balaban J connectivity index is 1.71. The number of hydrogen-bond donors (Lipinski definition) is 1. The predicted octanol–water partition coefficient (Wildman–Crippen LogP) is 3.72. The van der Waals surface area contributed by atoms with E-state index in [9.17, 15) is 5.11 Å². The Hall–Kier alpha value is -1.60. The fourth-order valence-corrected chi connectivity index (χ4v) is 2.35. The van der Waals surface area contributed by atoms with Crippen molar-refractivity contribution < 1.29 is 5.11 Å². The fourth-order valence-electron chi connectivity index (χ4n) is 2.35. The summed E-state index contributed by atoms with van der Waals surface area (Å²) in [5.41, 5.74) is 3.69. The first kappa shape index (κ1) is 11.5. The van der Waals surface area contributed by atoms with E-state index in [1.807, 2.05) is 6.07 Å². The van der Waals surface area contributed by atoms with Gasteiger partial charge in [0.2, 0.25) is 0 Å². The maximum atomic E-state index is 10.0. The molecule has 1 N–H and O–H groups in total. The molecule has 0 bridgehead atoms. The van der Waals surface area contributed by atoms with E-state index in [4.69, 9.17) is 0 Å². The van der Waals surface area contributed by atoms with Gasteiger partial charge in [-0.3, -0.25) is 0 Å². The van der Waals surface area contributed by atoms with Crippen molar-refractivity contribution in [3.05, 3.63) is 71.3 Å². The van der Waals surface area contributed by atoms with E-state index in [1.54, 1.807) is 0 Å². The second kappa shape index (κ2) is 4.95. The van der Waals surface area contributed by atoms with Crippen LogP contribution in [-0.4, -0.2) is 5.11 Å². The zero-order valence-corrected chi connectivity index (χ0v) is 10.4. The molecule has 1 nitrogen and oxygen atoms in total. The van der Waals surface area contributed by atoms with Crippen molar-refractivity contribution >= 4 is 0 Å². The second-order valence-corrected chi connectivity index (χ2v) is 5.19. The van der Waals surface area contributed by atoms with E-state index < -0.39 is 0 Å². The molecule has 1 aliphatic rings. The van der Waals surface area contributed by atoms with Crippen LogP contribution in [0.4, 0.5) is 0 Å². The van der Waals surface area contributed by atoms with Crippen LogP contribution >= 0.6 is 0 Å². The average Bonchev–Trinajstić information content (AvgIpc) is 3.24. The van der Waals surface area contributed by atoms with Gasteiger partial charge < -0.3 is 5.11 Å². The molecule has 0 amide bonds. The highest BCUT2D eigenvalue weighted by atomic mass is 16.3. The van der Waals surface area contributed by atoms with Crippen molar-refractivity contribution in [2.45, 2.75) is 25.4 Å². The third kappa shape index (κ3) is 2.62. The molecule has 3 rings (SSSR count). The summed E-state index contributed by atoms with van der Waals surface area (Å²) < 4.78 is 0. The van der Waals surface area contributed by atoms with Crippen LogP contribution < -0.4 is 0 Å². The van der Waals surface area contributed by atoms with Crippen molar-refractivity contribution in [1.82, 2.24) is 0 Å². The Kier molecular flexibility index (Phi) is 3.16. The summed E-state index contributed by atoms with van der Waals surface area (Å²) in [6, 6.07) is 18.9. The lowest BCUT2D eigenvalue weighted by Crippen LogP contribution is -1.99. The van der Waals surface area contributed by atoms with Crippen LogP contribution in [0.25, 0.3) is 0 Å². The molecule has 1 aliphatic carbocycles. The lowest BCUT2D eigenvalue weighted by Gasteiger charge is -2.10. The van der Waals surface area contributed by atoms with E-state index in [1.165, 1.54) is 24.0 Å². The number of aliphatic hydroxyl groups excluding tert-OH is 1. The quantitative estimate of drug-likeness (QED) is 0.860. The molecule has 0 radical (unpaired) electrons. The van der Waals surface area contributed by atoms with Gasteiger partial charge in [0.15, 0.2) is 0 Å². The van der Waals surface area contributed by atoms with Gasteiger partial charge in [-0.2, -0.15) is 0 Å². The summed E-state index contributed by atoms with van der Waals surface area (Å²) in [6.07, 6.45) is 3.05. The minimum Gasteiger partial charge on any atom is -0.388 e. The number of rotatable bonds is 4. The molecule has 0 aliphatic heterocycles. The first-order valence-electron chi connectivity index (χ1n) is 6.64. The largest absolute Gasteiger partial charge is 0.388 e. The van der Waals surface area contributed by atoms with Crippen LogP contribution in [0, 0.1) is 5.92 Å². The molecule has 2 aromatic carbocycles. The maximum absolute atomic E-state index is 10.0. The Morgan fingerprint density at radius 1 is 0.889 bits per heavy atom. The fraction of sp³-hybridized carbons (Fsp3) is 0.294. The van der Waals surface area contributed by atoms with E-state index in [0.717, 1.165) is 12.0 Å². The van der Waals surface area contributed by atoms with Crippen molar-refractivity contribution in [3.63, 3.8) is 0 Å². The summed E-state index contributed by atoms with van der Waals surface area (Å²) in [7, 11) is 0. The molecule has 1 fully saturated rings. The molecule has 1 atom stereocenters. The van der Waals surface area contributed by atoms with E-state index in [-0.39, 0.29) is 6.10 Å². The van der Waals surface area contributed by atoms with Gasteiger partial charge in [0.25, 0.3) is 0 Å². The molecule has 0 aromatic heterocycles. The van der Waals surface area contributed by atoms with Gasteiger partial charge in [-0.05, 0) is 41.9 Å². The molecule has 1 heteroatoms. The van der Waals surface area contributed by atoms with Gasteiger partial charge in [0.1, 0.15) is 0 Å². The monoisotopic (exact) mass is 238 g/mol. The van der Waals surface area contributed by atoms with Gasteiger partial charge in [0.05, 0.1) is 6.10 Å². The lowest BCUT2D eigenvalue weighted by atomic mass is 10.0. The van der Waals surface area contributed by atoms with Crippen LogP contribution in [-0.2, 0) is 6.42 Å². The summed E-state index contributed by atoms with van der Waals surface area (Å²) >= 11 is 0. The highest BCUT2D eigenvalue weighted by molar-refractivity contribution is 5.30. The topological polar surface area (TPSA) is 20.2 Å². The Morgan fingerprint density at radius 2 is 1.50 bits per heavy atom. The maximum Gasteiger partial charge on any atom is 0.0818 e. The first-order chi connectivity index (χ1) is 8.83. The van der Waals surface area contributed by atoms with Crippen LogP contribution in [0.5, 0.6) is 0 Å². The van der Waals surface area contributed by atoms with E-state index in [0.29, 0.717) is 5.92 Å². The minimum absolute atomic E-state index is 0.254. The van der Waals surface area contributed by atoms with Crippen molar-refractivity contribution in [2.24, 2.45) is 5.92 Å². The minimum atomic E-state index is -0.254. The van der Waals surface area contributed by atoms with E-state index >= 15 is 0 Å². The van der Waals surface area contributed by atoms with Gasteiger partial charge in [-0.25, -0.2) is 0 Å². The Morgan fingerprint density at radius 3 is 2.11 bits per heavy atom. The van der Waals surface area contributed by atoms with Crippen LogP contribution in [0.3, 0.4) is 0 Å². The first-order valence-corrected chi connectivity index (χ1v) is 6.64. The van der Waals surface area contributed by atoms with Gasteiger partial charge in [0, 0.05) is 0 Å². The Bertz CT molecular complexity index is 497. The molecular weight excluding hydrogens is 220 g/mol. The third-order valence-electron chi connectivity index (χ3n) is 3.64. The normalized spacial score (nSPS) is 16.5. The molecular formula is C17H18O. The Labute approximate surface area is 108 Å². The highest BCUT2D eigenvalue weighted by Crippen LogP contribution is 2.40. The molecule has 18 heavy (non-hydrogen) atoms. The average molecular weight is 238 g/mol. The number of benzene rings is 2. The number of aliphatic hydroxyl groups is 1. The summed E-state index contributed by atoms with van der Waals surface area (Å²) in [6.45, 7) is 0. The molecule has 0 spiro atoms. The van der Waals surface area contributed by atoms with E-state index in [2.05, 4.69) is 48.5 Å². The third-order valence-corrected chi connectivity index (χ3v) is 3.64. The van der Waals surface area contributed by atoms with Crippen LogP contribution in [0.2, 0.25) is 0 Å². The number of hydrogen-bond acceptors (Lipinski definition) is 1. The van der Waals surface area contributed by atoms with Crippen molar-refractivity contribution in [2.75, 3.05) is 0 Å². The summed E-state index contributed by atoms with van der Waals surface area (Å²) in [5.74, 6) is 0.505. The molecule has 2 aromatic rings. The highest BCUT2D eigenvalue weighted by Gasteiger charge is 2.30. The predicted molar refractivity (Wildman–Crippen MR) is 73.4 cm³/mol. The molecule has 0 saturated heterocycles. The lowest BCUT2D eigenvalue weighted by molar-refractivity contribution is 0.154. The van der Waals surface area contributed by atoms with Gasteiger partial charge >= 0.3 is 0 Å². The van der Waals surface area contributed by atoms with Gasteiger partial charge in [-0.1, -0.05) is 54.6 Å². The van der Waals surface area contributed by atoms with Crippen molar-refractivity contribution in [3.8, 4) is 0 Å². The standard InChI is InChI=1S/C17H18O/c18-17(16-10-11-16)15-8-6-14(7-9-15)12-13-4-2-1-3-5-13/h1-9,16-18H,10-12H2. The zero-order chi connectivity index (χ0) is 12.4. The van der Waals surface area contributed by atoms with Crippen LogP contribution in [0.15, 0.2) is 54.6 Å². The SMILES string of the molecule is OC(c1ccc(Cc2ccccc2)cc1)C1CC1. The van der Waals surface area contributed by atoms with Crippen molar-refractivity contribution in [1.29, 1.82) is 0 Å². The van der Waals surface area contributed by atoms with Gasteiger partial charge in [-0.15, -0.1) is 0 Å². The molecule has 92 valence electrons. The summed E-state index contributed by atoms with van der Waals surface area (Å²) in [4.78, 5) is 0. The molecule has 1 unspecified atom stereocenters. The molecule has 1 saturated carbocycles. The second-order valence-electron chi connectivity index (χ2n) is 5.19. The smallest absolute Gasteiger partial charge is 0.0818 e. The zero-order valence-electron chi connectivity index (χ0n) is 10.4. The molecule has 0 heterocycles. The van der Waals surface area contributed by atoms with Crippen LogP contribution in [0.1, 0.15) is 35.6 Å².